The summed E-state index contributed by atoms with van der Waals surface area (Å²) in [6.45, 7) is 0. The topological polar surface area (TPSA) is 63.4 Å². The second-order valence-electron chi connectivity index (χ2n) is 1.92. The van der Waals surface area contributed by atoms with Crippen molar-refractivity contribution in [3.05, 3.63) is 10.1 Å². The summed E-state index contributed by atoms with van der Waals surface area (Å²) in [5.74, 6) is 0. The Morgan fingerprint density at radius 2 is 1.54 bits per heavy atom. The molecular formula is C3HBrF5NO3. The third kappa shape index (κ3) is 1.88. The van der Waals surface area contributed by atoms with Crippen LogP contribution in [0.15, 0.2) is 0 Å². The van der Waals surface area contributed by atoms with Crippen LogP contribution in [0.1, 0.15) is 0 Å². The number of alkyl halides is 6. The van der Waals surface area contributed by atoms with Gasteiger partial charge < -0.3 is 5.11 Å². The van der Waals surface area contributed by atoms with Crippen LogP contribution < -0.4 is 0 Å². The minimum atomic E-state index is -5.86. The lowest BCUT2D eigenvalue weighted by molar-refractivity contribution is -0.669. The van der Waals surface area contributed by atoms with Gasteiger partial charge in [-0.15, -0.1) is 8.78 Å². The van der Waals surface area contributed by atoms with Gasteiger partial charge in [-0.1, -0.05) is 0 Å². The molecule has 0 aliphatic rings. The predicted octanol–water partition coefficient (Wildman–Crippen LogP) is 1.50. The molecule has 4 nitrogen and oxygen atoms in total. The summed E-state index contributed by atoms with van der Waals surface area (Å²) in [4.78, 5) is 6.95. The van der Waals surface area contributed by atoms with Crippen molar-refractivity contribution in [2.45, 2.75) is 16.7 Å². The number of nitrogens with zero attached hydrogens (tertiary/aromatic N) is 1. The monoisotopic (exact) mass is 273 g/mol. The van der Waals surface area contributed by atoms with E-state index in [2.05, 4.69) is 0 Å². The zero-order chi connectivity index (χ0) is 11.1. The van der Waals surface area contributed by atoms with E-state index in [0.717, 1.165) is 15.9 Å². The number of rotatable bonds is 2. The van der Waals surface area contributed by atoms with Crippen LogP contribution in [0.5, 0.6) is 0 Å². The first-order valence-corrected chi connectivity index (χ1v) is 3.24. The average Bonchev–Trinajstić information content (AvgIpc) is 1.84. The maximum atomic E-state index is 12.1. The number of hydrogen-bond acceptors (Lipinski definition) is 3. The van der Waals surface area contributed by atoms with Crippen molar-refractivity contribution in [3.63, 3.8) is 0 Å². The highest BCUT2D eigenvalue weighted by Gasteiger charge is 2.77. The molecule has 0 amide bonds. The second kappa shape index (κ2) is 3.01. The lowest BCUT2D eigenvalue weighted by atomic mass is 10.3. The molecule has 0 aromatic carbocycles. The molecule has 0 saturated heterocycles. The van der Waals surface area contributed by atoms with E-state index in [1.165, 1.54) is 0 Å². The lowest BCUT2D eigenvalue weighted by Crippen LogP contribution is -2.57. The number of nitro groups is 1. The van der Waals surface area contributed by atoms with Crippen molar-refractivity contribution >= 4 is 15.9 Å². The molecule has 0 saturated carbocycles. The van der Waals surface area contributed by atoms with Gasteiger partial charge >= 0.3 is 16.7 Å². The van der Waals surface area contributed by atoms with Crippen molar-refractivity contribution in [2.24, 2.45) is 0 Å². The van der Waals surface area contributed by atoms with Gasteiger partial charge in [-0.05, 0) is 15.9 Å². The molecule has 0 aromatic heterocycles. The molecule has 1 N–H and O–H groups in total. The van der Waals surface area contributed by atoms with Gasteiger partial charge in [0.05, 0.1) is 0 Å². The van der Waals surface area contributed by atoms with Gasteiger partial charge in [0, 0.05) is 0 Å². The molecule has 1 atom stereocenters. The number of aliphatic hydroxyl groups is 1. The molecular weight excluding hydrogens is 273 g/mol. The summed E-state index contributed by atoms with van der Waals surface area (Å²) >= 11 is 1.16. The average molecular weight is 274 g/mol. The van der Waals surface area contributed by atoms with Crippen molar-refractivity contribution in [1.29, 1.82) is 0 Å². The van der Waals surface area contributed by atoms with Crippen molar-refractivity contribution in [2.75, 3.05) is 0 Å². The SMILES string of the molecule is O=[N+]([O-])C(F)(F)C(O)(Br)C(F)(F)F. The van der Waals surface area contributed by atoms with Gasteiger partial charge in [0.15, 0.2) is 0 Å². The Bertz CT molecular complexity index is 226. The molecule has 0 bridgehead atoms. The highest BCUT2D eigenvalue weighted by molar-refractivity contribution is 9.10. The zero-order valence-corrected chi connectivity index (χ0v) is 7.06. The molecule has 0 aliphatic heterocycles. The Kier molecular flexibility index (Phi) is 2.89. The molecule has 78 valence electrons. The molecule has 0 aliphatic carbocycles. The Balaban J connectivity index is 5.16. The van der Waals surface area contributed by atoms with Crippen LogP contribution in [0.4, 0.5) is 22.0 Å². The van der Waals surface area contributed by atoms with Gasteiger partial charge in [-0.2, -0.15) is 13.2 Å². The van der Waals surface area contributed by atoms with Crippen LogP contribution in [0.2, 0.25) is 0 Å². The third-order valence-electron chi connectivity index (χ3n) is 1.00. The van der Waals surface area contributed by atoms with Crippen LogP contribution in [0.25, 0.3) is 0 Å². The summed E-state index contributed by atoms with van der Waals surface area (Å²) in [7, 11) is 0. The summed E-state index contributed by atoms with van der Waals surface area (Å²) < 4.78 is 54.2. The van der Waals surface area contributed by atoms with E-state index in [4.69, 9.17) is 5.11 Å². The zero-order valence-electron chi connectivity index (χ0n) is 5.48. The smallest absolute Gasteiger partial charge is 0.360 e. The Labute approximate surface area is 75.6 Å². The maximum Gasteiger partial charge on any atom is 0.559 e. The Hall–Kier alpha value is -0.510. The van der Waals surface area contributed by atoms with E-state index < -0.39 is 21.7 Å². The van der Waals surface area contributed by atoms with Crippen LogP contribution in [0, 0.1) is 10.1 Å². The predicted molar refractivity (Wildman–Crippen MR) is 31.9 cm³/mol. The second-order valence-corrected chi connectivity index (χ2v) is 3.07. The van der Waals surface area contributed by atoms with E-state index in [1.807, 2.05) is 0 Å². The van der Waals surface area contributed by atoms with E-state index in [0.29, 0.717) is 0 Å². The normalized spacial score (nSPS) is 18.1. The molecule has 0 heterocycles. The van der Waals surface area contributed by atoms with E-state index in [1.54, 1.807) is 0 Å². The third-order valence-corrected chi connectivity index (χ3v) is 1.93. The maximum absolute atomic E-state index is 12.1. The molecule has 0 fully saturated rings. The lowest BCUT2D eigenvalue weighted by Gasteiger charge is -2.24. The van der Waals surface area contributed by atoms with Crippen molar-refractivity contribution in [3.8, 4) is 0 Å². The van der Waals surface area contributed by atoms with Crippen molar-refractivity contribution < 1.29 is 32.0 Å². The highest BCUT2D eigenvalue weighted by Crippen LogP contribution is 2.46. The fraction of sp³-hybridized carbons (Fsp3) is 1.00. The van der Waals surface area contributed by atoms with Crippen LogP contribution in [-0.4, -0.2) is 26.8 Å². The first kappa shape index (κ1) is 12.5. The van der Waals surface area contributed by atoms with E-state index in [-0.39, 0.29) is 0 Å². The largest absolute Gasteiger partial charge is 0.559 e. The Morgan fingerprint density at radius 3 is 1.62 bits per heavy atom. The first-order valence-electron chi connectivity index (χ1n) is 2.45. The molecule has 10 heteroatoms. The van der Waals surface area contributed by atoms with Crippen LogP contribution >= 0.6 is 15.9 Å². The standard InChI is InChI=1S/C3HBrF5NO3/c4-1(11,2(5,6)7)3(8,9)10(12)13/h11H. The number of halogens is 6. The summed E-state index contributed by atoms with van der Waals surface area (Å²) in [5, 5.41) is 17.6. The summed E-state index contributed by atoms with van der Waals surface area (Å²) in [6.07, 6.45) is -5.86. The van der Waals surface area contributed by atoms with Gasteiger partial charge in [0.25, 0.3) is 0 Å². The fourth-order valence-corrected chi connectivity index (χ4v) is 0.436. The first-order chi connectivity index (χ1) is 5.44. The Morgan fingerprint density at radius 1 is 1.23 bits per heavy atom. The summed E-state index contributed by atoms with van der Waals surface area (Å²) in [5.41, 5.74) is 0. The quantitative estimate of drug-likeness (QED) is 0.273. The minimum Gasteiger partial charge on any atom is -0.360 e. The highest BCUT2D eigenvalue weighted by atomic mass is 79.9. The van der Waals surface area contributed by atoms with Gasteiger partial charge in [-0.25, -0.2) is 0 Å². The molecule has 0 rings (SSSR count). The molecule has 13 heavy (non-hydrogen) atoms. The summed E-state index contributed by atoms with van der Waals surface area (Å²) in [6, 6.07) is -5.55. The minimum absolute atomic E-state index is 1.16. The van der Waals surface area contributed by atoms with Gasteiger partial charge in [0.1, 0.15) is 4.92 Å². The molecule has 0 spiro atoms. The van der Waals surface area contributed by atoms with Crippen LogP contribution in [0.3, 0.4) is 0 Å². The molecule has 0 aromatic rings. The van der Waals surface area contributed by atoms with Gasteiger partial charge in [0.2, 0.25) is 0 Å². The van der Waals surface area contributed by atoms with E-state index >= 15 is 0 Å². The molecule has 0 radical (unpaired) electrons. The molecule has 1 unspecified atom stereocenters. The van der Waals surface area contributed by atoms with Gasteiger partial charge in [-0.3, -0.25) is 10.1 Å². The number of hydrogen-bond donors (Lipinski definition) is 1. The van der Waals surface area contributed by atoms with E-state index in [9.17, 15) is 32.1 Å². The van der Waals surface area contributed by atoms with Crippen molar-refractivity contribution in [1.82, 2.24) is 0 Å². The van der Waals surface area contributed by atoms with Crippen LogP contribution in [-0.2, 0) is 0 Å². The fourth-order valence-electron chi connectivity index (χ4n) is 0.292.